The number of hydrogen-bond donors (Lipinski definition) is 0. The van der Waals surface area contributed by atoms with Crippen LogP contribution in [0.1, 0.15) is 5.56 Å². The van der Waals surface area contributed by atoms with Crippen molar-refractivity contribution < 1.29 is 19.1 Å². The summed E-state index contributed by atoms with van der Waals surface area (Å²) >= 11 is 13.2. The minimum Gasteiger partial charge on any atom is -0.465 e. The summed E-state index contributed by atoms with van der Waals surface area (Å²) < 4.78 is 11.0. The molecule has 25 heavy (non-hydrogen) atoms. The first kappa shape index (κ1) is 19.8. The number of allylic oxidation sites excluding steroid dienone is 2. The normalized spacial score (nSPS) is 13.8. The summed E-state index contributed by atoms with van der Waals surface area (Å²) in [7, 11) is 2.50. The van der Waals surface area contributed by atoms with E-state index < -0.39 is 11.9 Å². The van der Waals surface area contributed by atoms with E-state index in [2.05, 4.69) is 31.9 Å². The summed E-state index contributed by atoms with van der Waals surface area (Å²) in [5.74, 6) is -1.33. The number of ether oxygens (including phenoxy) is 2. The fourth-order valence-corrected chi connectivity index (χ4v) is 4.01. The summed E-state index contributed by atoms with van der Waals surface area (Å²) in [6.45, 7) is 1.86. The van der Waals surface area contributed by atoms with E-state index in [0.717, 1.165) is 5.56 Å². The Bertz CT molecular complexity index is 830. The number of carbonyl (C=O) groups excluding carboxylic acids is 2. The van der Waals surface area contributed by atoms with Crippen molar-refractivity contribution in [2.75, 3.05) is 19.1 Å². The largest absolute Gasteiger partial charge is 0.465 e. The Labute approximate surface area is 167 Å². The molecule has 0 aromatic heterocycles. The second kappa shape index (κ2) is 8.21. The second-order valence-corrected chi connectivity index (χ2v) is 6.99. The summed E-state index contributed by atoms with van der Waals surface area (Å²) in [5, 5.41) is 0.440. The van der Waals surface area contributed by atoms with E-state index >= 15 is 0 Å². The van der Waals surface area contributed by atoms with Gasteiger partial charge in [-0.25, -0.2) is 9.59 Å². The highest BCUT2D eigenvalue weighted by Crippen LogP contribution is 2.42. The first-order chi connectivity index (χ1) is 11.8. The lowest BCUT2D eigenvalue weighted by Gasteiger charge is -2.26. The molecule has 1 aliphatic rings. The number of benzene rings is 1. The molecule has 0 radical (unpaired) electrons. The summed E-state index contributed by atoms with van der Waals surface area (Å²) in [6, 6.07) is 1.82. The quantitative estimate of drug-likeness (QED) is 0.455. The summed E-state index contributed by atoms with van der Waals surface area (Å²) in [4.78, 5) is 26.2. The fraction of sp³-hybridized carbons (Fsp3) is 0.176. The Hall–Kier alpha value is -1.57. The number of nitrogens with zero attached hydrogens (tertiary/aromatic N) is 1. The molecule has 0 saturated carbocycles. The lowest BCUT2D eigenvalue weighted by molar-refractivity contribution is -0.139. The molecule has 0 aliphatic carbocycles. The minimum absolute atomic E-state index is 0.0292. The molecule has 1 heterocycles. The summed E-state index contributed by atoms with van der Waals surface area (Å²) in [6.07, 6.45) is 6.48. The topological polar surface area (TPSA) is 55.8 Å². The van der Waals surface area contributed by atoms with Crippen LogP contribution >= 0.6 is 43.5 Å². The van der Waals surface area contributed by atoms with E-state index in [9.17, 15) is 9.59 Å². The fourth-order valence-electron chi connectivity index (χ4n) is 2.34. The van der Waals surface area contributed by atoms with Crippen LogP contribution in [0, 0.1) is 6.92 Å². The highest BCUT2D eigenvalue weighted by atomic mass is 79.9. The van der Waals surface area contributed by atoms with Crippen molar-refractivity contribution in [3.8, 4) is 0 Å². The molecule has 8 heteroatoms. The maximum Gasteiger partial charge on any atom is 0.355 e. The molecule has 0 fully saturated rings. The molecule has 132 valence electrons. The number of methoxy groups -OCH3 is 2. The van der Waals surface area contributed by atoms with Crippen LogP contribution in [0.2, 0.25) is 5.02 Å². The van der Waals surface area contributed by atoms with Crippen molar-refractivity contribution in [2.24, 2.45) is 0 Å². The van der Waals surface area contributed by atoms with Crippen molar-refractivity contribution in [1.29, 1.82) is 0 Å². The molecule has 1 aromatic carbocycles. The Balaban J connectivity index is 2.81. The zero-order valence-electron chi connectivity index (χ0n) is 13.6. The predicted molar refractivity (Wildman–Crippen MR) is 103 cm³/mol. The molecule has 1 aromatic rings. The van der Waals surface area contributed by atoms with E-state index in [1.165, 1.54) is 20.3 Å². The lowest BCUT2D eigenvalue weighted by atomic mass is 10.1. The third kappa shape index (κ3) is 3.83. The van der Waals surface area contributed by atoms with Crippen LogP contribution in [0.4, 0.5) is 5.69 Å². The average Bonchev–Trinajstić information content (AvgIpc) is 2.81. The third-order valence-electron chi connectivity index (χ3n) is 3.46. The van der Waals surface area contributed by atoms with Gasteiger partial charge in [-0.2, -0.15) is 0 Å². The molecule has 0 saturated heterocycles. The van der Waals surface area contributed by atoms with Gasteiger partial charge in [0.1, 0.15) is 5.70 Å². The van der Waals surface area contributed by atoms with E-state index in [-0.39, 0.29) is 11.3 Å². The van der Waals surface area contributed by atoms with Gasteiger partial charge in [0.05, 0.1) is 35.0 Å². The molecule has 2 rings (SSSR count). The number of carbonyl (C=O) groups is 2. The van der Waals surface area contributed by atoms with Crippen molar-refractivity contribution in [3.05, 3.63) is 61.3 Å². The molecule has 5 nitrogen and oxygen atoms in total. The monoisotopic (exact) mass is 489 g/mol. The number of esters is 2. The highest BCUT2D eigenvalue weighted by molar-refractivity contribution is 9.11. The van der Waals surface area contributed by atoms with Crippen molar-refractivity contribution in [2.45, 2.75) is 6.92 Å². The van der Waals surface area contributed by atoms with Crippen LogP contribution in [0.3, 0.4) is 0 Å². The van der Waals surface area contributed by atoms with Crippen LogP contribution in [-0.4, -0.2) is 26.2 Å². The molecular weight excluding hydrogens is 477 g/mol. The smallest absolute Gasteiger partial charge is 0.355 e. The van der Waals surface area contributed by atoms with E-state index in [1.54, 1.807) is 23.3 Å². The Kier molecular flexibility index (Phi) is 6.48. The number of anilines is 1. The van der Waals surface area contributed by atoms with Gasteiger partial charge in [0.25, 0.3) is 0 Å². The van der Waals surface area contributed by atoms with Gasteiger partial charge < -0.3 is 14.4 Å². The molecular formula is C17H14Br2ClNO4. The van der Waals surface area contributed by atoms with Gasteiger partial charge in [0.2, 0.25) is 0 Å². The molecule has 0 unspecified atom stereocenters. The lowest BCUT2D eigenvalue weighted by Crippen LogP contribution is -2.27. The number of halogens is 3. The van der Waals surface area contributed by atoms with Gasteiger partial charge in [0, 0.05) is 10.7 Å². The molecule has 0 amide bonds. The molecule has 0 atom stereocenters. The van der Waals surface area contributed by atoms with Crippen LogP contribution in [0.15, 0.2) is 50.7 Å². The van der Waals surface area contributed by atoms with Crippen LogP contribution in [0.5, 0.6) is 0 Å². The Morgan fingerprint density at radius 2 is 1.76 bits per heavy atom. The first-order valence-electron chi connectivity index (χ1n) is 7.02. The second-order valence-electron chi connectivity index (χ2n) is 4.97. The highest BCUT2D eigenvalue weighted by Gasteiger charge is 2.30. The predicted octanol–water partition coefficient (Wildman–Crippen LogP) is 4.66. The van der Waals surface area contributed by atoms with E-state index in [4.69, 9.17) is 21.1 Å². The van der Waals surface area contributed by atoms with Crippen LogP contribution < -0.4 is 4.90 Å². The van der Waals surface area contributed by atoms with Gasteiger partial charge in [0.15, 0.2) is 0 Å². The maximum absolute atomic E-state index is 12.5. The standard InChI is InChI=1S/C17H14Br2ClNO4/c1-9-8-11(18)13(20)12(19)14(9)21-7-5-4-6-10(16(22)24-2)15(21)17(23)25-3/h4-8H,1-3H3. The van der Waals surface area contributed by atoms with Gasteiger partial charge >= 0.3 is 11.9 Å². The SMILES string of the molecule is COC(=O)C1=C(C(=O)OC)N(c2c(C)cc(Br)c(Cl)c2Br)C=CC=C1. The zero-order valence-corrected chi connectivity index (χ0v) is 17.5. The van der Waals surface area contributed by atoms with Gasteiger partial charge in [-0.1, -0.05) is 17.7 Å². The number of hydrogen-bond acceptors (Lipinski definition) is 5. The average molecular weight is 492 g/mol. The molecule has 0 spiro atoms. The van der Waals surface area contributed by atoms with Gasteiger partial charge in [-0.3, -0.25) is 0 Å². The molecule has 1 aliphatic heterocycles. The zero-order chi connectivity index (χ0) is 18.7. The van der Waals surface area contributed by atoms with Crippen LogP contribution in [0.25, 0.3) is 0 Å². The minimum atomic E-state index is -0.679. The number of rotatable bonds is 3. The molecule has 0 bridgehead atoms. The first-order valence-corrected chi connectivity index (χ1v) is 8.99. The van der Waals surface area contributed by atoms with Crippen molar-refractivity contribution in [3.63, 3.8) is 0 Å². The van der Waals surface area contributed by atoms with Crippen molar-refractivity contribution in [1.82, 2.24) is 0 Å². The third-order valence-corrected chi connectivity index (χ3v) is 5.70. The van der Waals surface area contributed by atoms with Gasteiger partial charge in [-0.15, -0.1) is 0 Å². The van der Waals surface area contributed by atoms with E-state index in [0.29, 0.717) is 19.7 Å². The summed E-state index contributed by atoms with van der Waals surface area (Å²) in [5.41, 5.74) is 1.53. The van der Waals surface area contributed by atoms with Crippen molar-refractivity contribution >= 4 is 61.1 Å². The Morgan fingerprint density at radius 1 is 1.12 bits per heavy atom. The number of aryl methyl sites for hydroxylation is 1. The molecule has 0 N–H and O–H groups in total. The maximum atomic E-state index is 12.5. The van der Waals surface area contributed by atoms with Gasteiger partial charge in [-0.05, 0) is 62.6 Å². The van der Waals surface area contributed by atoms with Crippen LogP contribution in [-0.2, 0) is 19.1 Å². The Morgan fingerprint density at radius 3 is 2.36 bits per heavy atom. The van der Waals surface area contributed by atoms with E-state index in [1.807, 2.05) is 13.0 Å².